The lowest BCUT2D eigenvalue weighted by Crippen LogP contribution is -1.99. The van der Waals surface area contributed by atoms with Crippen LogP contribution in [0.4, 0.5) is 0 Å². The monoisotopic (exact) mass is 298 g/mol. The van der Waals surface area contributed by atoms with Gasteiger partial charge in [-0.05, 0) is 55.6 Å². The van der Waals surface area contributed by atoms with Gasteiger partial charge in [0.2, 0.25) is 0 Å². The van der Waals surface area contributed by atoms with Crippen molar-refractivity contribution in [1.82, 2.24) is 0 Å². The Morgan fingerprint density at radius 3 is 2.23 bits per heavy atom. The molecule has 0 aromatic rings. The van der Waals surface area contributed by atoms with E-state index in [1.807, 2.05) is 0 Å². The minimum absolute atomic E-state index is 0.0742. The van der Waals surface area contributed by atoms with Crippen LogP contribution in [-0.4, -0.2) is 18.9 Å². The molecule has 0 aliphatic heterocycles. The fourth-order valence-electron chi connectivity index (χ4n) is 1.62. The van der Waals surface area contributed by atoms with Gasteiger partial charge in [-0.15, -0.1) is 0 Å². The average Bonchev–Trinajstić information content (AvgIpc) is 2.52. The molecule has 0 radical (unpaired) electrons. The van der Waals surface area contributed by atoms with Crippen molar-refractivity contribution in [2.75, 3.05) is 7.11 Å². The van der Waals surface area contributed by atoms with E-state index >= 15 is 0 Å². The van der Waals surface area contributed by atoms with Crippen LogP contribution in [0.5, 0.6) is 0 Å². The van der Waals surface area contributed by atoms with Gasteiger partial charge >= 0.3 is 5.97 Å². The van der Waals surface area contributed by atoms with Crippen LogP contribution in [0.2, 0.25) is 0 Å². The van der Waals surface area contributed by atoms with E-state index in [-0.39, 0.29) is 11.8 Å². The number of ether oxygens (including phenoxy) is 1. The largest absolute Gasteiger partial charge is 0.469 e. The van der Waals surface area contributed by atoms with E-state index < -0.39 is 0 Å². The van der Waals surface area contributed by atoms with Gasteiger partial charge in [-0.1, -0.05) is 31.1 Å². The molecular formula is C19H22O3. The number of esters is 1. The van der Waals surface area contributed by atoms with Crippen LogP contribution >= 0.6 is 0 Å². The summed E-state index contributed by atoms with van der Waals surface area (Å²) in [5, 5.41) is 0. The number of carbonyl (C=O) groups excluding carboxylic acids is 2. The molecule has 0 aromatic carbocycles. The summed E-state index contributed by atoms with van der Waals surface area (Å²) in [6.45, 7) is 1.71. The van der Waals surface area contributed by atoms with E-state index in [0.29, 0.717) is 12.8 Å². The molecule has 0 N–H and O–H groups in total. The first kappa shape index (κ1) is 19.6. The van der Waals surface area contributed by atoms with Crippen LogP contribution in [0.25, 0.3) is 0 Å². The van der Waals surface area contributed by atoms with Crippen molar-refractivity contribution in [2.24, 2.45) is 0 Å². The maximum Gasteiger partial charge on any atom is 0.305 e. The van der Waals surface area contributed by atoms with Crippen molar-refractivity contribution in [3.63, 3.8) is 0 Å². The van der Waals surface area contributed by atoms with Crippen molar-refractivity contribution >= 4 is 11.8 Å². The SMILES string of the molecule is CC#CC#CC#C/C=C/C(=O)CCCCCCCC(=O)OC. The van der Waals surface area contributed by atoms with Crippen molar-refractivity contribution in [3.8, 4) is 35.5 Å². The standard InChI is InChI=1S/C19H22O3/c1-3-4-5-6-7-9-12-15-18(20)16-13-10-8-11-14-17-19(21)22-2/h12,15H,8,10-11,13-14,16-17H2,1-2H3/b15-12+. The normalized spacial score (nSPS) is 8.82. The molecule has 3 nitrogen and oxygen atoms in total. The predicted octanol–water partition coefficient (Wildman–Crippen LogP) is 3.05. The number of ketones is 1. The van der Waals surface area contributed by atoms with Crippen molar-refractivity contribution in [1.29, 1.82) is 0 Å². The van der Waals surface area contributed by atoms with Crippen LogP contribution in [-0.2, 0) is 14.3 Å². The molecule has 0 amide bonds. The number of rotatable bonds is 9. The molecule has 0 aliphatic carbocycles. The first-order valence-corrected chi connectivity index (χ1v) is 7.39. The van der Waals surface area contributed by atoms with Gasteiger partial charge in [-0.25, -0.2) is 0 Å². The van der Waals surface area contributed by atoms with Crippen LogP contribution in [0.15, 0.2) is 12.2 Å². The van der Waals surface area contributed by atoms with Gasteiger partial charge in [0.15, 0.2) is 5.78 Å². The predicted molar refractivity (Wildman–Crippen MR) is 87.5 cm³/mol. The summed E-state index contributed by atoms with van der Waals surface area (Å²) in [4.78, 5) is 22.4. The highest BCUT2D eigenvalue weighted by atomic mass is 16.5. The molecule has 0 unspecified atom stereocenters. The average molecular weight is 298 g/mol. The number of unbranched alkanes of at least 4 members (excludes halogenated alkanes) is 4. The van der Waals surface area contributed by atoms with Crippen molar-refractivity contribution < 1.29 is 14.3 Å². The third-order valence-electron chi connectivity index (χ3n) is 2.77. The Balaban J connectivity index is 3.63. The van der Waals surface area contributed by atoms with E-state index in [2.05, 4.69) is 40.3 Å². The Hall–Kier alpha value is -2.44. The molecule has 0 bridgehead atoms. The molecule has 0 aliphatic rings. The van der Waals surface area contributed by atoms with Crippen molar-refractivity contribution in [2.45, 2.75) is 51.9 Å². The summed E-state index contributed by atoms with van der Waals surface area (Å²) in [6, 6.07) is 0. The van der Waals surface area contributed by atoms with Gasteiger partial charge in [0.1, 0.15) is 0 Å². The maximum absolute atomic E-state index is 11.5. The number of methoxy groups -OCH3 is 1. The second-order valence-electron chi connectivity index (χ2n) is 4.54. The van der Waals surface area contributed by atoms with Crippen molar-refractivity contribution in [3.05, 3.63) is 12.2 Å². The molecule has 0 saturated carbocycles. The summed E-state index contributed by atoms with van der Waals surface area (Å²) in [5.74, 6) is 15.5. The zero-order valence-electron chi connectivity index (χ0n) is 13.3. The van der Waals surface area contributed by atoms with Gasteiger partial charge in [-0.3, -0.25) is 9.59 Å². The van der Waals surface area contributed by atoms with E-state index in [0.717, 1.165) is 32.1 Å². The highest BCUT2D eigenvalue weighted by Crippen LogP contribution is 2.08. The lowest BCUT2D eigenvalue weighted by molar-refractivity contribution is -0.140. The zero-order valence-corrected chi connectivity index (χ0v) is 13.3. The second-order valence-corrected chi connectivity index (χ2v) is 4.54. The molecular weight excluding hydrogens is 276 g/mol. The van der Waals surface area contributed by atoms with Gasteiger partial charge in [0, 0.05) is 12.8 Å². The molecule has 0 heterocycles. The maximum atomic E-state index is 11.5. The molecule has 0 atom stereocenters. The minimum Gasteiger partial charge on any atom is -0.469 e. The fourth-order valence-corrected chi connectivity index (χ4v) is 1.62. The van der Waals surface area contributed by atoms with E-state index in [4.69, 9.17) is 0 Å². The lowest BCUT2D eigenvalue weighted by Gasteiger charge is -2.00. The Morgan fingerprint density at radius 1 is 0.909 bits per heavy atom. The molecule has 0 rings (SSSR count). The number of allylic oxidation sites excluding steroid dienone is 2. The second kappa shape index (κ2) is 15.0. The van der Waals surface area contributed by atoms with E-state index in [1.54, 1.807) is 6.92 Å². The Kier molecular flexibility index (Phi) is 13.3. The van der Waals surface area contributed by atoms with Gasteiger partial charge in [-0.2, -0.15) is 0 Å². The third kappa shape index (κ3) is 14.0. The summed E-state index contributed by atoms with van der Waals surface area (Å²) < 4.78 is 4.57. The summed E-state index contributed by atoms with van der Waals surface area (Å²) in [5.41, 5.74) is 0. The Morgan fingerprint density at radius 2 is 1.55 bits per heavy atom. The first-order valence-electron chi connectivity index (χ1n) is 7.39. The molecule has 116 valence electrons. The molecule has 0 saturated heterocycles. The van der Waals surface area contributed by atoms with Gasteiger partial charge in [0.05, 0.1) is 7.11 Å². The quantitative estimate of drug-likeness (QED) is 0.284. The topological polar surface area (TPSA) is 43.4 Å². The number of carbonyl (C=O) groups is 2. The summed E-state index contributed by atoms with van der Waals surface area (Å²) in [6.07, 6.45) is 8.73. The van der Waals surface area contributed by atoms with Crippen LogP contribution in [0.1, 0.15) is 51.9 Å². The Labute approximate surface area is 133 Å². The molecule has 0 fully saturated rings. The van der Waals surface area contributed by atoms with Gasteiger partial charge in [0.25, 0.3) is 0 Å². The highest BCUT2D eigenvalue weighted by Gasteiger charge is 2.00. The lowest BCUT2D eigenvalue weighted by atomic mass is 10.1. The molecule has 22 heavy (non-hydrogen) atoms. The number of hydrogen-bond donors (Lipinski definition) is 0. The molecule has 0 aromatic heterocycles. The van der Waals surface area contributed by atoms with Crippen LogP contribution in [0, 0.1) is 35.5 Å². The smallest absolute Gasteiger partial charge is 0.305 e. The number of hydrogen-bond acceptors (Lipinski definition) is 3. The molecule has 0 spiro atoms. The fraction of sp³-hybridized carbons (Fsp3) is 0.474. The molecule has 3 heteroatoms. The summed E-state index contributed by atoms with van der Waals surface area (Å²) >= 11 is 0. The summed E-state index contributed by atoms with van der Waals surface area (Å²) in [7, 11) is 1.40. The van der Waals surface area contributed by atoms with E-state index in [9.17, 15) is 9.59 Å². The minimum atomic E-state index is -0.159. The van der Waals surface area contributed by atoms with Crippen LogP contribution < -0.4 is 0 Å². The van der Waals surface area contributed by atoms with Crippen LogP contribution in [0.3, 0.4) is 0 Å². The first-order chi connectivity index (χ1) is 10.7. The van der Waals surface area contributed by atoms with E-state index in [1.165, 1.54) is 19.3 Å². The highest BCUT2D eigenvalue weighted by molar-refractivity contribution is 5.90. The van der Waals surface area contributed by atoms with Gasteiger partial charge < -0.3 is 4.74 Å². The Bertz CT molecular complexity index is 551. The third-order valence-corrected chi connectivity index (χ3v) is 2.77. The zero-order chi connectivity index (χ0) is 16.5.